The van der Waals surface area contributed by atoms with E-state index in [4.69, 9.17) is 14.2 Å². The minimum atomic E-state index is -0.761. The maximum atomic E-state index is 12.9. The standard InChI is InChI=1S/C63H122O6/c1-4-7-10-13-16-19-22-25-27-29-31-32-33-35-36-38-41-44-47-50-53-56-62(65)68-59-60(58-67-61(64)55-52-49-46-43-40-24-21-18-15-12-9-6-3)69-63(66)57-54-51-48-45-42-39-37-34-30-28-26-23-20-17-14-11-8-5-2/h60H,4-59H2,1-3H3. The van der Waals surface area contributed by atoms with E-state index in [-0.39, 0.29) is 31.1 Å². The van der Waals surface area contributed by atoms with Gasteiger partial charge in [0.15, 0.2) is 6.10 Å². The van der Waals surface area contributed by atoms with E-state index in [9.17, 15) is 14.4 Å². The molecule has 0 heterocycles. The van der Waals surface area contributed by atoms with Crippen LogP contribution in [0.3, 0.4) is 0 Å². The van der Waals surface area contributed by atoms with Gasteiger partial charge in [-0.15, -0.1) is 0 Å². The zero-order valence-electron chi connectivity index (χ0n) is 47.1. The van der Waals surface area contributed by atoms with Crippen LogP contribution < -0.4 is 0 Å². The lowest BCUT2D eigenvalue weighted by atomic mass is 10.0. The molecule has 1 atom stereocenters. The summed E-state index contributed by atoms with van der Waals surface area (Å²) in [6.45, 7) is 6.72. The lowest BCUT2D eigenvalue weighted by Gasteiger charge is -2.18. The Morgan fingerprint density at radius 2 is 0.391 bits per heavy atom. The quantitative estimate of drug-likeness (QED) is 0.0343. The Morgan fingerprint density at radius 3 is 0.580 bits per heavy atom. The molecule has 0 saturated heterocycles. The van der Waals surface area contributed by atoms with Crippen LogP contribution in [0.1, 0.15) is 367 Å². The van der Waals surface area contributed by atoms with Gasteiger partial charge in [-0.2, -0.15) is 0 Å². The van der Waals surface area contributed by atoms with E-state index in [1.54, 1.807) is 0 Å². The second-order valence-corrected chi connectivity index (χ2v) is 21.7. The third-order valence-electron chi connectivity index (χ3n) is 14.6. The highest BCUT2D eigenvalue weighted by molar-refractivity contribution is 5.71. The fraction of sp³-hybridized carbons (Fsp3) is 0.952. The van der Waals surface area contributed by atoms with Gasteiger partial charge in [0.05, 0.1) is 0 Å². The van der Waals surface area contributed by atoms with Gasteiger partial charge in [-0.1, -0.05) is 329 Å². The molecule has 69 heavy (non-hydrogen) atoms. The number of hydrogen-bond acceptors (Lipinski definition) is 6. The summed E-state index contributed by atoms with van der Waals surface area (Å²) >= 11 is 0. The Hall–Kier alpha value is -1.59. The third-order valence-corrected chi connectivity index (χ3v) is 14.6. The van der Waals surface area contributed by atoms with Crippen LogP contribution in [0.5, 0.6) is 0 Å². The Labute approximate surface area is 431 Å². The van der Waals surface area contributed by atoms with E-state index in [1.807, 2.05) is 0 Å². The summed E-state index contributed by atoms with van der Waals surface area (Å²) in [5.41, 5.74) is 0. The minimum Gasteiger partial charge on any atom is -0.462 e. The van der Waals surface area contributed by atoms with Crippen LogP contribution in [0.4, 0.5) is 0 Å². The summed E-state index contributed by atoms with van der Waals surface area (Å²) in [7, 11) is 0. The highest BCUT2D eigenvalue weighted by Gasteiger charge is 2.19. The monoisotopic (exact) mass is 975 g/mol. The highest BCUT2D eigenvalue weighted by atomic mass is 16.6. The molecule has 0 spiro atoms. The van der Waals surface area contributed by atoms with E-state index in [0.29, 0.717) is 19.3 Å². The molecule has 0 bridgehead atoms. The van der Waals surface area contributed by atoms with Gasteiger partial charge in [0, 0.05) is 19.3 Å². The largest absolute Gasteiger partial charge is 0.462 e. The van der Waals surface area contributed by atoms with Gasteiger partial charge in [-0.3, -0.25) is 14.4 Å². The van der Waals surface area contributed by atoms with Crippen molar-refractivity contribution in [2.24, 2.45) is 0 Å². The predicted molar refractivity (Wildman–Crippen MR) is 298 cm³/mol. The van der Waals surface area contributed by atoms with E-state index in [0.717, 1.165) is 57.8 Å². The number of unbranched alkanes of at least 4 members (excludes halogenated alkanes) is 48. The molecule has 0 N–H and O–H groups in total. The SMILES string of the molecule is CCCCCCCCCCCCCCCCCCCCCCCC(=O)OCC(COC(=O)CCCCCCCCCCCCCC)OC(=O)CCCCCCCCCCCCCCCCCCCC. The molecule has 0 aliphatic rings. The molecule has 410 valence electrons. The first-order valence-electron chi connectivity index (χ1n) is 31.5. The van der Waals surface area contributed by atoms with Crippen LogP contribution in [-0.4, -0.2) is 37.2 Å². The molecule has 1 unspecified atom stereocenters. The van der Waals surface area contributed by atoms with Gasteiger partial charge in [0.1, 0.15) is 13.2 Å². The maximum absolute atomic E-state index is 12.9. The number of carbonyl (C=O) groups excluding carboxylic acids is 3. The molecule has 0 aromatic carbocycles. The molecule has 0 aromatic heterocycles. The van der Waals surface area contributed by atoms with Crippen molar-refractivity contribution >= 4 is 17.9 Å². The van der Waals surface area contributed by atoms with Crippen molar-refractivity contribution in [2.75, 3.05) is 13.2 Å². The second-order valence-electron chi connectivity index (χ2n) is 21.7. The minimum absolute atomic E-state index is 0.0607. The maximum Gasteiger partial charge on any atom is 0.306 e. The molecular formula is C63H122O6. The fourth-order valence-corrected chi connectivity index (χ4v) is 9.86. The third kappa shape index (κ3) is 57.2. The summed E-state index contributed by atoms with van der Waals surface area (Å²) in [6, 6.07) is 0. The first-order chi connectivity index (χ1) is 34.0. The van der Waals surface area contributed by atoms with Crippen molar-refractivity contribution in [3.63, 3.8) is 0 Å². The number of hydrogen-bond donors (Lipinski definition) is 0. The molecule has 0 aliphatic heterocycles. The van der Waals surface area contributed by atoms with Crippen molar-refractivity contribution in [3.8, 4) is 0 Å². The van der Waals surface area contributed by atoms with Gasteiger partial charge in [-0.05, 0) is 19.3 Å². The zero-order chi connectivity index (χ0) is 50.0. The molecule has 6 nitrogen and oxygen atoms in total. The van der Waals surface area contributed by atoms with Gasteiger partial charge < -0.3 is 14.2 Å². The zero-order valence-corrected chi connectivity index (χ0v) is 47.1. The normalized spacial score (nSPS) is 11.9. The molecule has 0 amide bonds. The van der Waals surface area contributed by atoms with Crippen LogP contribution in [0.2, 0.25) is 0 Å². The van der Waals surface area contributed by atoms with E-state index >= 15 is 0 Å². The average Bonchev–Trinajstić information content (AvgIpc) is 3.35. The molecule has 0 rings (SSSR count). The van der Waals surface area contributed by atoms with Gasteiger partial charge in [0.2, 0.25) is 0 Å². The second kappa shape index (κ2) is 59.0. The molecule has 0 radical (unpaired) electrons. The first-order valence-corrected chi connectivity index (χ1v) is 31.5. The van der Waals surface area contributed by atoms with Crippen molar-refractivity contribution in [1.82, 2.24) is 0 Å². The Kier molecular flexibility index (Phi) is 57.6. The average molecular weight is 976 g/mol. The summed E-state index contributed by atoms with van der Waals surface area (Å²) in [4.78, 5) is 38.2. The van der Waals surface area contributed by atoms with Crippen LogP contribution in [0, 0.1) is 0 Å². The summed E-state index contributed by atoms with van der Waals surface area (Å²) < 4.78 is 16.9. The molecular weight excluding hydrogens is 853 g/mol. The van der Waals surface area contributed by atoms with Crippen molar-refractivity contribution < 1.29 is 28.6 Å². The summed E-state index contributed by atoms with van der Waals surface area (Å²) in [5, 5.41) is 0. The van der Waals surface area contributed by atoms with Crippen LogP contribution in [0.25, 0.3) is 0 Å². The Balaban J connectivity index is 4.22. The molecule has 0 fully saturated rings. The number of ether oxygens (including phenoxy) is 3. The van der Waals surface area contributed by atoms with Gasteiger partial charge in [0.25, 0.3) is 0 Å². The Morgan fingerprint density at radius 1 is 0.232 bits per heavy atom. The molecule has 0 aliphatic carbocycles. The summed E-state index contributed by atoms with van der Waals surface area (Å²) in [5.74, 6) is -0.827. The van der Waals surface area contributed by atoms with Crippen LogP contribution in [-0.2, 0) is 28.6 Å². The highest BCUT2D eigenvalue weighted by Crippen LogP contribution is 2.18. The van der Waals surface area contributed by atoms with E-state index in [2.05, 4.69) is 20.8 Å². The molecule has 0 aromatic rings. The van der Waals surface area contributed by atoms with Gasteiger partial charge in [-0.25, -0.2) is 0 Å². The summed E-state index contributed by atoms with van der Waals surface area (Å²) in [6.07, 6.45) is 66.8. The smallest absolute Gasteiger partial charge is 0.306 e. The Bertz CT molecular complexity index is 1030. The number of rotatable bonds is 59. The van der Waals surface area contributed by atoms with E-state index < -0.39 is 6.10 Å². The van der Waals surface area contributed by atoms with Crippen molar-refractivity contribution in [3.05, 3.63) is 0 Å². The lowest BCUT2D eigenvalue weighted by Crippen LogP contribution is -2.30. The van der Waals surface area contributed by atoms with Crippen LogP contribution >= 0.6 is 0 Å². The predicted octanol–water partition coefficient (Wildman–Crippen LogP) is 21.1. The lowest BCUT2D eigenvalue weighted by molar-refractivity contribution is -0.167. The van der Waals surface area contributed by atoms with Crippen LogP contribution in [0.15, 0.2) is 0 Å². The number of carbonyl (C=O) groups is 3. The van der Waals surface area contributed by atoms with Crippen molar-refractivity contribution in [1.29, 1.82) is 0 Å². The van der Waals surface area contributed by atoms with E-state index in [1.165, 1.54) is 270 Å². The van der Waals surface area contributed by atoms with Crippen molar-refractivity contribution in [2.45, 2.75) is 374 Å². The van der Waals surface area contributed by atoms with Gasteiger partial charge >= 0.3 is 17.9 Å². The molecule has 0 saturated carbocycles. The number of esters is 3. The topological polar surface area (TPSA) is 78.9 Å². The first kappa shape index (κ1) is 67.4. The fourth-order valence-electron chi connectivity index (χ4n) is 9.86. The molecule has 6 heteroatoms.